The van der Waals surface area contributed by atoms with Gasteiger partial charge in [-0.2, -0.15) is 0 Å². The molecule has 0 aromatic heterocycles. The van der Waals surface area contributed by atoms with E-state index in [9.17, 15) is 4.79 Å². The second kappa shape index (κ2) is 2.67. The molecule has 0 aliphatic carbocycles. The zero-order valence-corrected chi connectivity index (χ0v) is 6.05. The van der Waals surface area contributed by atoms with Crippen molar-refractivity contribution in [2.24, 2.45) is 0 Å². The van der Waals surface area contributed by atoms with Crippen LogP contribution in [0.4, 0.5) is 0 Å². The average molecular weight is 111 g/mol. The molecule has 1 atom stereocenters. The smallest absolute Gasteiger partial charge is 0.335 e. The Morgan fingerprint density at radius 1 is 1.86 bits per heavy atom. The van der Waals surface area contributed by atoms with Crippen molar-refractivity contribution in [3.8, 4) is 0 Å². The van der Waals surface area contributed by atoms with Crippen LogP contribution >= 0.6 is 0 Å². The standard InChI is InChI=1S/C3H4O3.Na/c4-3(5)2-1-6-2;/h2H,1H2,(H,4,5);. The second-order valence-corrected chi connectivity index (χ2v) is 1.16. The van der Waals surface area contributed by atoms with Crippen LogP contribution in [-0.4, -0.2) is 53.3 Å². The number of rotatable bonds is 1. The molecule has 4 heteroatoms. The Kier molecular flexibility index (Phi) is 2.83. The fourth-order valence-electron chi connectivity index (χ4n) is 0.191. The van der Waals surface area contributed by atoms with E-state index in [2.05, 4.69) is 4.74 Å². The van der Waals surface area contributed by atoms with Gasteiger partial charge in [0.25, 0.3) is 0 Å². The Morgan fingerprint density at radius 2 is 2.29 bits per heavy atom. The van der Waals surface area contributed by atoms with Crippen molar-refractivity contribution in [3.05, 3.63) is 0 Å². The summed E-state index contributed by atoms with van der Waals surface area (Å²) >= 11 is 0. The second-order valence-electron chi connectivity index (χ2n) is 1.16. The van der Waals surface area contributed by atoms with Crippen LogP contribution in [0.3, 0.4) is 0 Å². The molecule has 1 heterocycles. The van der Waals surface area contributed by atoms with Crippen molar-refractivity contribution in [1.82, 2.24) is 0 Å². The van der Waals surface area contributed by atoms with Crippen molar-refractivity contribution >= 4 is 35.5 Å². The first-order valence-corrected chi connectivity index (χ1v) is 1.65. The van der Waals surface area contributed by atoms with Crippen molar-refractivity contribution in [3.63, 3.8) is 0 Å². The van der Waals surface area contributed by atoms with Gasteiger partial charge in [0.2, 0.25) is 0 Å². The fourth-order valence-corrected chi connectivity index (χ4v) is 0.191. The molecule has 3 nitrogen and oxygen atoms in total. The van der Waals surface area contributed by atoms with Crippen molar-refractivity contribution in [1.29, 1.82) is 0 Å². The fraction of sp³-hybridized carbons (Fsp3) is 0.667. The molecule has 0 aromatic carbocycles. The van der Waals surface area contributed by atoms with Gasteiger partial charge >= 0.3 is 5.97 Å². The summed E-state index contributed by atoms with van der Waals surface area (Å²) in [5, 5.41) is 7.93. The van der Waals surface area contributed by atoms with Crippen molar-refractivity contribution in [2.75, 3.05) is 6.61 Å². The van der Waals surface area contributed by atoms with E-state index in [1.807, 2.05) is 0 Å². The van der Waals surface area contributed by atoms with Gasteiger partial charge in [0, 0.05) is 29.6 Å². The van der Waals surface area contributed by atoms with E-state index in [1.165, 1.54) is 0 Å². The SMILES string of the molecule is O=C(O)C1CO1.[Na]. The summed E-state index contributed by atoms with van der Waals surface area (Å²) in [6, 6.07) is 0. The van der Waals surface area contributed by atoms with Gasteiger partial charge in [-0.25, -0.2) is 4.79 Å². The molecule has 1 N–H and O–H groups in total. The van der Waals surface area contributed by atoms with Crippen molar-refractivity contribution in [2.45, 2.75) is 6.10 Å². The molecule has 7 heavy (non-hydrogen) atoms. The Labute approximate surface area is 62.9 Å². The maximum atomic E-state index is 9.64. The molecule has 1 aliphatic rings. The molecule has 0 spiro atoms. The third-order valence-corrected chi connectivity index (χ3v) is 0.609. The molecule has 0 aromatic rings. The molecule has 1 radical (unpaired) electrons. The quantitative estimate of drug-likeness (QED) is 0.352. The Balaban J connectivity index is 0.000000360. The summed E-state index contributed by atoms with van der Waals surface area (Å²) in [6.07, 6.45) is -0.481. The molecule has 0 bridgehead atoms. The number of ether oxygens (including phenoxy) is 1. The summed E-state index contributed by atoms with van der Waals surface area (Å²) < 4.78 is 4.37. The van der Waals surface area contributed by atoms with Gasteiger partial charge in [0.05, 0.1) is 6.61 Å². The van der Waals surface area contributed by atoms with E-state index in [1.54, 1.807) is 0 Å². The largest absolute Gasteiger partial charge is 0.479 e. The van der Waals surface area contributed by atoms with Crippen LogP contribution < -0.4 is 0 Å². The van der Waals surface area contributed by atoms with Gasteiger partial charge in [-0.3, -0.25) is 0 Å². The van der Waals surface area contributed by atoms with Gasteiger partial charge in [0.1, 0.15) is 0 Å². The molecular formula is C3H4NaO3. The van der Waals surface area contributed by atoms with E-state index in [-0.39, 0.29) is 29.6 Å². The van der Waals surface area contributed by atoms with E-state index in [4.69, 9.17) is 5.11 Å². The van der Waals surface area contributed by atoms with Crippen LogP contribution in [0.25, 0.3) is 0 Å². The van der Waals surface area contributed by atoms with Gasteiger partial charge in [-0.1, -0.05) is 0 Å². The summed E-state index contributed by atoms with van der Waals surface area (Å²) in [7, 11) is 0. The molecule has 35 valence electrons. The molecular weight excluding hydrogens is 107 g/mol. The summed E-state index contributed by atoms with van der Waals surface area (Å²) in [5.74, 6) is -0.852. The average Bonchev–Trinajstić information content (AvgIpc) is 2.06. The molecule has 0 saturated carbocycles. The summed E-state index contributed by atoms with van der Waals surface area (Å²) in [6.45, 7) is 0.398. The van der Waals surface area contributed by atoms with Crippen LogP contribution in [0.5, 0.6) is 0 Å². The zero-order valence-electron chi connectivity index (χ0n) is 4.05. The molecule has 1 unspecified atom stereocenters. The van der Waals surface area contributed by atoms with E-state index >= 15 is 0 Å². The number of aliphatic carboxylic acids is 1. The maximum Gasteiger partial charge on any atom is 0.335 e. The first-order chi connectivity index (χ1) is 2.80. The Morgan fingerprint density at radius 3 is 2.29 bits per heavy atom. The van der Waals surface area contributed by atoms with Gasteiger partial charge < -0.3 is 9.84 Å². The molecule has 1 fully saturated rings. The maximum absolute atomic E-state index is 9.64. The van der Waals surface area contributed by atoms with Crippen molar-refractivity contribution < 1.29 is 14.6 Å². The number of epoxide rings is 1. The third-order valence-electron chi connectivity index (χ3n) is 0.609. The number of hydrogen-bond acceptors (Lipinski definition) is 2. The number of carboxylic acid groups (broad SMARTS) is 1. The third kappa shape index (κ3) is 2.29. The first kappa shape index (κ1) is 7.43. The summed E-state index contributed by atoms with van der Waals surface area (Å²) in [4.78, 5) is 9.64. The minimum Gasteiger partial charge on any atom is -0.479 e. The predicted molar refractivity (Wildman–Crippen MR) is 23.1 cm³/mol. The molecule has 1 rings (SSSR count). The van der Waals surface area contributed by atoms with Crippen LogP contribution in [0.15, 0.2) is 0 Å². The normalized spacial score (nSPS) is 25.4. The first-order valence-electron chi connectivity index (χ1n) is 1.65. The van der Waals surface area contributed by atoms with Crippen LogP contribution in [-0.2, 0) is 9.53 Å². The number of carboxylic acids is 1. The van der Waals surface area contributed by atoms with E-state index in [0.717, 1.165) is 0 Å². The van der Waals surface area contributed by atoms with E-state index < -0.39 is 12.1 Å². The van der Waals surface area contributed by atoms with Gasteiger partial charge in [0.15, 0.2) is 6.10 Å². The van der Waals surface area contributed by atoms with E-state index in [0.29, 0.717) is 6.61 Å². The monoisotopic (exact) mass is 111 g/mol. The number of hydrogen-bond donors (Lipinski definition) is 1. The minimum atomic E-state index is -0.852. The van der Waals surface area contributed by atoms with Crippen LogP contribution in [0.2, 0.25) is 0 Å². The van der Waals surface area contributed by atoms with Gasteiger partial charge in [-0.15, -0.1) is 0 Å². The summed E-state index contributed by atoms with van der Waals surface area (Å²) in [5.41, 5.74) is 0. The number of carbonyl (C=O) groups is 1. The minimum absolute atomic E-state index is 0. The Hall–Kier alpha value is 0.430. The zero-order chi connectivity index (χ0) is 4.57. The predicted octanol–water partition coefficient (Wildman–Crippen LogP) is -0.911. The van der Waals surface area contributed by atoms with Gasteiger partial charge in [-0.05, 0) is 0 Å². The molecule has 1 saturated heterocycles. The molecule has 0 amide bonds. The molecule has 1 aliphatic heterocycles. The van der Waals surface area contributed by atoms with Crippen LogP contribution in [0.1, 0.15) is 0 Å². The van der Waals surface area contributed by atoms with Crippen LogP contribution in [0, 0.1) is 0 Å². The topological polar surface area (TPSA) is 49.8 Å². The Bertz CT molecular complexity index is 78.2.